The molecule has 0 unspecified atom stereocenters. The summed E-state index contributed by atoms with van der Waals surface area (Å²) in [7, 11) is 0. The SMILES string of the molecule is C=CC1=C(C)C2=NC1=CC1=NC(=CC3=C(C)C4=C(O)CC(=C5NC(=C2C(C)=O)[C@@H](C)[C@@H]5CCC(=O)O)C4=N3)C(CC)=C1C. The summed E-state index contributed by atoms with van der Waals surface area (Å²) in [6.07, 6.45) is 7.14. The second-order valence-electron chi connectivity index (χ2n) is 11.9. The van der Waals surface area contributed by atoms with Gasteiger partial charge in [0.2, 0.25) is 0 Å². The smallest absolute Gasteiger partial charge is 0.303 e. The van der Waals surface area contributed by atoms with Gasteiger partial charge in [-0.15, -0.1) is 0 Å². The average Bonchev–Trinajstić information content (AvgIpc) is 3.70. The van der Waals surface area contributed by atoms with Crippen LogP contribution in [0, 0.1) is 11.8 Å². The Kier molecular flexibility index (Phi) is 6.83. The van der Waals surface area contributed by atoms with Crippen LogP contribution in [0.3, 0.4) is 0 Å². The van der Waals surface area contributed by atoms with Crippen LogP contribution >= 0.6 is 0 Å². The minimum absolute atomic E-state index is 0.0253. The number of aliphatic carboxylic acids is 1. The molecule has 0 saturated carbocycles. The van der Waals surface area contributed by atoms with Crippen LogP contribution in [0.4, 0.5) is 0 Å². The Morgan fingerprint density at radius 1 is 1.05 bits per heavy atom. The first-order chi connectivity index (χ1) is 20.5. The molecule has 8 nitrogen and oxygen atoms in total. The number of hydrogen-bond donors (Lipinski definition) is 3. The number of carboxylic acids is 1. The summed E-state index contributed by atoms with van der Waals surface area (Å²) in [4.78, 5) is 40.2. The van der Waals surface area contributed by atoms with Gasteiger partial charge in [-0.25, -0.2) is 15.0 Å². The molecule has 6 aliphatic rings. The highest BCUT2D eigenvalue weighted by Crippen LogP contribution is 2.47. The third kappa shape index (κ3) is 4.30. The number of hydrogen-bond acceptors (Lipinski definition) is 7. The van der Waals surface area contributed by atoms with Gasteiger partial charge in [0, 0.05) is 52.8 Å². The van der Waals surface area contributed by atoms with Crippen LogP contribution in [0.25, 0.3) is 0 Å². The van der Waals surface area contributed by atoms with Crippen molar-refractivity contribution in [3.63, 3.8) is 0 Å². The predicted molar refractivity (Wildman–Crippen MR) is 169 cm³/mol. The van der Waals surface area contributed by atoms with Crippen LogP contribution in [0.2, 0.25) is 0 Å². The molecule has 8 bridgehead atoms. The molecule has 1 aliphatic carbocycles. The fourth-order valence-electron chi connectivity index (χ4n) is 7.18. The van der Waals surface area contributed by atoms with E-state index in [9.17, 15) is 19.8 Å². The molecule has 0 amide bonds. The van der Waals surface area contributed by atoms with Gasteiger partial charge in [0.25, 0.3) is 0 Å². The predicted octanol–water partition coefficient (Wildman–Crippen LogP) is 6.67. The third-order valence-corrected chi connectivity index (χ3v) is 9.46. The van der Waals surface area contributed by atoms with E-state index < -0.39 is 5.97 Å². The number of nitrogens with one attached hydrogen (secondary N) is 1. The Hall–Kier alpha value is -4.59. The molecule has 0 spiro atoms. The maximum atomic E-state index is 13.4. The normalized spacial score (nSPS) is 24.6. The summed E-state index contributed by atoms with van der Waals surface area (Å²) in [5, 5.41) is 24.4. The van der Waals surface area contributed by atoms with Crippen molar-refractivity contribution in [3.8, 4) is 0 Å². The van der Waals surface area contributed by atoms with Crippen LogP contribution in [0.15, 0.2) is 119 Å². The number of carboxylic acid groups (broad SMARTS) is 1. The lowest BCUT2D eigenvalue weighted by molar-refractivity contribution is -0.137. The summed E-state index contributed by atoms with van der Waals surface area (Å²) < 4.78 is 0. The largest absolute Gasteiger partial charge is 0.511 e. The number of Topliss-reactive ketones (excluding diaryl/α,β-unsaturated/α-hetero) is 1. The summed E-state index contributed by atoms with van der Waals surface area (Å²) in [5.74, 6) is -1.20. The standard InChI is InChI=1S/C35H36N4O4/c1-8-20-15(3)24-13-27-21(9-2)16(4)32(38-27)31(19(7)40)33-17(5)22(10-11-29(42)43)34(39-33)23-12-28(41)30-18(6)25(37-35(23)30)14-26(20)36-24/h9,13-14,17,22,39,41H,2,8,10-12H2,1,3-7H3,(H,42,43)/t17-,22-/m0/s1. The number of carbonyl (C=O) groups excluding carboxylic acids is 1. The van der Waals surface area contributed by atoms with Crippen LogP contribution < -0.4 is 5.32 Å². The lowest BCUT2D eigenvalue weighted by Gasteiger charge is -2.17. The third-order valence-electron chi connectivity index (χ3n) is 9.46. The van der Waals surface area contributed by atoms with Gasteiger partial charge in [-0.2, -0.15) is 0 Å². The first-order valence-corrected chi connectivity index (χ1v) is 14.8. The van der Waals surface area contributed by atoms with E-state index in [1.54, 1.807) is 6.08 Å². The number of ketones is 1. The van der Waals surface area contributed by atoms with Crippen LogP contribution in [-0.2, 0) is 9.59 Å². The minimum atomic E-state index is -0.882. The van der Waals surface area contributed by atoms with E-state index >= 15 is 0 Å². The zero-order valence-electron chi connectivity index (χ0n) is 25.5. The molecule has 0 aromatic heterocycles. The molecule has 0 aromatic carbocycles. The van der Waals surface area contributed by atoms with Gasteiger partial charge in [0.05, 0.1) is 39.8 Å². The van der Waals surface area contributed by atoms with Gasteiger partial charge in [-0.05, 0) is 75.0 Å². The van der Waals surface area contributed by atoms with E-state index in [1.807, 2.05) is 32.9 Å². The second-order valence-corrected chi connectivity index (χ2v) is 11.9. The highest BCUT2D eigenvalue weighted by atomic mass is 16.4. The van der Waals surface area contributed by atoms with Gasteiger partial charge in [-0.3, -0.25) is 9.59 Å². The molecule has 0 radical (unpaired) electrons. The summed E-state index contributed by atoms with van der Waals surface area (Å²) in [6.45, 7) is 15.7. The first kappa shape index (κ1) is 28.5. The van der Waals surface area contributed by atoms with E-state index in [0.717, 1.165) is 68.2 Å². The van der Waals surface area contributed by atoms with Crippen molar-refractivity contribution in [1.29, 1.82) is 0 Å². The Bertz CT molecular complexity index is 1810. The van der Waals surface area contributed by atoms with Crippen LogP contribution in [0.1, 0.15) is 67.2 Å². The number of aliphatic hydroxyl groups excluding tert-OH is 1. The number of fused-ring (bicyclic) bond motifs is 5. The van der Waals surface area contributed by atoms with Crippen molar-refractivity contribution >= 4 is 28.9 Å². The molecule has 1 fully saturated rings. The van der Waals surface area contributed by atoms with Gasteiger partial charge in [0.1, 0.15) is 5.76 Å². The van der Waals surface area contributed by atoms with E-state index in [2.05, 4.69) is 25.7 Å². The Morgan fingerprint density at radius 3 is 2.44 bits per heavy atom. The zero-order chi connectivity index (χ0) is 30.9. The molecular formula is C35H36N4O4. The van der Waals surface area contributed by atoms with Gasteiger partial charge in [0.15, 0.2) is 5.78 Å². The molecule has 3 N–H and O–H groups in total. The van der Waals surface area contributed by atoms with Gasteiger partial charge < -0.3 is 15.5 Å². The topological polar surface area (TPSA) is 124 Å². The monoisotopic (exact) mass is 576 g/mol. The zero-order valence-corrected chi connectivity index (χ0v) is 25.5. The van der Waals surface area contributed by atoms with Gasteiger partial charge >= 0.3 is 5.97 Å². The number of rotatable bonds is 6. The quantitative estimate of drug-likeness (QED) is 0.326. The average molecular weight is 577 g/mol. The second kappa shape index (κ2) is 10.3. The van der Waals surface area contributed by atoms with Crippen LogP contribution in [0.5, 0.6) is 0 Å². The molecule has 0 aromatic rings. The molecule has 5 aliphatic heterocycles. The van der Waals surface area contributed by atoms with E-state index in [-0.39, 0.29) is 36.2 Å². The molecule has 8 heteroatoms. The van der Waals surface area contributed by atoms with Crippen molar-refractivity contribution in [2.24, 2.45) is 26.8 Å². The molecule has 43 heavy (non-hydrogen) atoms. The number of aliphatic imine (C=N–C) groups is 3. The van der Waals surface area contributed by atoms with Crippen molar-refractivity contribution in [3.05, 3.63) is 104 Å². The Labute approximate surface area is 251 Å². The Morgan fingerprint density at radius 2 is 1.79 bits per heavy atom. The molecular weight excluding hydrogens is 540 g/mol. The number of nitrogens with zero attached hydrogens (tertiary/aromatic N) is 3. The molecule has 5 heterocycles. The first-order valence-electron chi connectivity index (χ1n) is 14.8. The number of carbonyl (C=O) groups is 2. The van der Waals surface area contributed by atoms with Crippen LogP contribution in [-0.4, -0.2) is 39.1 Å². The van der Waals surface area contributed by atoms with Crippen molar-refractivity contribution in [2.75, 3.05) is 0 Å². The van der Waals surface area contributed by atoms with E-state index in [0.29, 0.717) is 34.8 Å². The molecule has 2 atom stereocenters. The summed E-state index contributed by atoms with van der Waals surface area (Å²) in [5.41, 5.74) is 12.6. The molecule has 220 valence electrons. The maximum absolute atomic E-state index is 13.4. The highest BCUT2D eigenvalue weighted by Gasteiger charge is 2.43. The fourth-order valence-corrected chi connectivity index (χ4v) is 7.18. The molecule has 6 rings (SSSR count). The van der Waals surface area contributed by atoms with E-state index in [1.165, 1.54) is 6.92 Å². The molecule has 1 saturated heterocycles. The maximum Gasteiger partial charge on any atom is 0.303 e. The summed E-state index contributed by atoms with van der Waals surface area (Å²) >= 11 is 0. The fraction of sp³-hybridized carbons (Fsp3) is 0.343. The lowest BCUT2D eigenvalue weighted by Crippen LogP contribution is -2.20. The van der Waals surface area contributed by atoms with Crippen molar-refractivity contribution < 1.29 is 19.8 Å². The van der Waals surface area contributed by atoms with Crippen molar-refractivity contribution in [2.45, 2.75) is 67.2 Å². The number of allylic oxidation sites excluding steroid dienone is 12. The minimum Gasteiger partial charge on any atom is -0.511 e. The van der Waals surface area contributed by atoms with E-state index in [4.69, 9.17) is 15.0 Å². The number of aliphatic hydroxyl groups is 1. The summed E-state index contributed by atoms with van der Waals surface area (Å²) in [6, 6.07) is 0. The Balaban J connectivity index is 1.69. The van der Waals surface area contributed by atoms with Gasteiger partial charge in [-0.1, -0.05) is 26.5 Å². The highest BCUT2D eigenvalue weighted by molar-refractivity contribution is 6.30. The van der Waals surface area contributed by atoms with Crippen molar-refractivity contribution in [1.82, 2.24) is 5.32 Å². The lowest BCUT2D eigenvalue weighted by atomic mass is 9.84.